The van der Waals surface area contributed by atoms with Gasteiger partial charge in [0.05, 0.1) is 11.5 Å². The summed E-state index contributed by atoms with van der Waals surface area (Å²) < 4.78 is 0. The number of hydrogen-bond acceptors (Lipinski definition) is 7. The first kappa shape index (κ1) is 25.5. The van der Waals surface area contributed by atoms with Crippen molar-refractivity contribution in [1.82, 2.24) is 31.9 Å². The van der Waals surface area contributed by atoms with Gasteiger partial charge in [0.15, 0.2) is 0 Å². The normalized spacial score (nSPS) is 44.6. The molecule has 7 nitrogen and oxygen atoms in total. The van der Waals surface area contributed by atoms with Crippen molar-refractivity contribution >= 4 is 0 Å². The Hall–Kier alpha value is -0.750. The molecule has 0 bridgehead atoms. The quantitative estimate of drug-likeness (QED) is 0.399. The van der Waals surface area contributed by atoms with Crippen molar-refractivity contribution < 1.29 is 0 Å². The van der Waals surface area contributed by atoms with E-state index in [0.717, 1.165) is 42.1 Å². The summed E-state index contributed by atoms with van der Waals surface area (Å²) in [4.78, 5) is 0. The van der Waals surface area contributed by atoms with Gasteiger partial charge in [-0.25, -0.2) is 5.01 Å². The van der Waals surface area contributed by atoms with Crippen molar-refractivity contribution in [2.45, 2.75) is 89.8 Å². The second kappa shape index (κ2) is 10.8. The van der Waals surface area contributed by atoms with E-state index in [1.165, 1.54) is 90.5 Å². The lowest BCUT2D eigenvalue weighted by Crippen LogP contribution is -2.58. The van der Waals surface area contributed by atoms with E-state index in [0.29, 0.717) is 24.0 Å². The molecule has 7 unspecified atom stereocenters. The second-order valence-electron chi connectivity index (χ2n) is 13.9. The predicted molar refractivity (Wildman–Crippen MR) is 143 cm³/mol. The summed E-state index contributed by atoms with van der Waals surface area (Å²) in [6, 6.07) is 4.47. The highest BCUT2D eigenvalue weighted by molar-refractivity contribution is 5.08. The van der Waals surface area contributed by atoms with E-state index in [1.54, 1.807) is 0 Å². The minimum absolute atomic E-state index is 0.178. The molecular formula is C29H51N7. The van der Waals surface area contributed by atoms with Gasteiger partial charge in [-0.2, -0.15) is 5.26 Å². The van der Waals surface area contributed by atoms with Crippen LogP contribution in [0.4, 0.5) is 0 Å². The van der Waals surface area contributed by atoms with Crippen LogP contribution in [-0.4, -0.2) is 62.4 Å². The number of nitrogens with zero attached hydrogens (tertiary/aromatic N) is 2. The summed E-state index contributed by atoms with van der Waals surface area (Å²) in [7, 11) is 0. The molecule has 0 radical (unpaired) electrons. The van der Waals surface area contributed by atoms with Crippen LogP contribution in [0, 0.1) is 58.2 Å². The molecule has 0 aromatic heterocycles. The van der Waals surface area contributed by atoms with Crippen LogP contribution in [0.25, 0.3) is 0 Å². The standard InChI is InChI=1S/C29H51N7/c1-29(2,18-30)23-6-3-20(4-7-23)28-27-24-13-21(5-8-25(24)32-15-26(27)34-35-28)22-14-33-36(17-22)16-19-9-11-31-12-10-19/h19-28,31-35H,3-17H2,1-2H3. The Labute approximate surface area is 219 Å². The molecule has 7 atom stereocenters. The van der Waals surface area contributed by atoms with Crippen LogP contribution in [0.1, 0.15) is 71.6 Å². The topological polar surface area (TPSA) is 87.2 Å². The van der Waals surface area contributed by atoms with Gasteiger partial charge in [0.25, 0.3) is 0 Å². The number of nitriles is 1. The van der Waals surface area contributed by atoms with Crippen molar-refractivity contribution in [2.24, 2.45) is 46.8 Å². The van der Waals surface area contributed by atoms with Crippen LogP contribution in [0.5, 0.6) is 0 Å². The Morgan fingerprint density at radius 2 is 1.64 bits per heavy atom. The van der Waals surface area contributed by atoms with E-state index in [-0.39, 0.29) is 5.41 Å². The molecule has 4 aliphatic heterocycles. The molecule has 202 valence electrons. The summed E-state index contributed by atoms with van der Waals surface area (Å²) in [6.45, 7) is 11.5. The Kier molecular flexibility index (Phi) is 7.65. The summed E-state index contributed by atoms with van der Waals surface area (Å²) in [5.74, 6) is 5.41. The van der Waals surface area contributed by atoms with Crippen LogP contribution in [0.2, 0.25) is 0 Å². The van der Waals surface area contributed by atoms with Crippen LogP contribution in [0.15, 0.2) is 0 Å². The minimum atomic E-state index is -0.178. The van der Waals surface area contributed by atoms with Gasteiger partial charge in [0, 0.05) is 44.3 Å². The molecule has 7 heteroatoms. The van der Waals surface area contributed by atoms with Gasteiger partial charge in [-0.1, -0.05) is 0 Å². The van der Waals surface area contributed by atoms with Gasteiger partial charge in [-0.05, 0) is 126 Å². The number of hydrazine groups is 2. The smallest absolute Gasteiger partial charge is 0.0686 e. The van der Waals surface area contributed by atoms with Crippen molar-refractivity contribution in [1.29, 1.82) is 5.26 Å². The molecule has 36 heavy (non-hydrogen) atoms. The minimum Gasteiger partial charge on any atom is -0.317 e. The monoisotopic (exact) mass is 497 g/mol. The number of rotatable bonds is 5. The zero-order valence-electron chi connectivity index (χ0n) is 22.8. The fraction of sp³-hybridized carbons (Fsp3) is 0.966. The molecule has 0 aromatic rings. The highest BCUT2D eigenvalue weighted by atomic mass is 15.5. The lowest BCUT2D eigenvalue weighted by atomic mass is 9.60. The number of fused-ring (bicyclic) bond motifs is 3. The molecule has 6 fully saturated rings. The molecule has 0 spiro atoms. The third kappa shape index (κ3) is 5.11. The Morgan fingerprint density at radius 3 is 2.42 bits per heavy atom. The molecule has 5 N–H and O–H groups in total. The summed E-state index contributed by atoms with van der Waals surface area (Å²) >= 11 is 0. The van der Waals surface area contributed by atoms with Crippen LogP contribution >= 0.6 is 0 Å². The first-order valence-corrected chi connectivity index (χ1v) is 15.4. The second-order valence-corrected chi connectivity index (χ2v) is 13.9. The summed E-state index contributed by atoms with van der Waals surface area (Å²) in [5, 5.41) is 19.7. The zero-order chi connectivity index (χ0) is 24.7. The summed E-state index contributed by atoms with van der Waals surface area (Å²) in [6.07, 6.45) is 11.8. The average Bonchev–Trinajstić information content (AvgIpc) is 3.57. The third-order valence-electron chi connectivity index (χ3n) is 11.6. The van der Waals surface area contributed by atoms with Crippen LogP contribution in [0.3, 0.4) is 0 Å². The van der Waals surface area contributed by atoms with E-state index in [1.807, 2.05) is 0 Å². The van der Waals surface area contributed by atoms with Gasteiger partial charge in [-0.3, -0.25) is 16.3 Å². The molecule has 4 heterocycles. The van der Waals surface area contributed by atoms with Crippen molar-refractivity contribution in [3.63, 3.8) is 0 Å². The Balaban J connectivity index is 1.07. The number of piperidine rings is 2. The molecular weight excluding hydrogens is 446 g/mol. The maximum Gasteiger partial charge on any atom is 0.0686 e. The van der Waals surface area contributed by atoms with E-state index < -0.39 is 0 Å². The number of hydrogen-bond donors (Lipinski definition) is 5. The molecule has 4 saturated heterocycles. The highest BCUT2D eigenvalue weighted by Crippen LogP contribution is 2.48. The Bertz CT molecular complexity index is 781. The first-order chi connectivity index (χ1) is 17.5. The lowest BCUT2D eigenvalue weighted by molar-refractivity contribution is 0.0526. The van der Waals surface area contributed by atoms with Crippen LogP contribution in [-0.2, 0) is 0 Å². The fourth-order valence-electron chi connectivity index (χ4n) is 9.24. The molecule has 2 aliphatic carbocycles. The molecule has 6 aliphatic rings. The molecule has 0 amide bonds. The largest absolute Gasteiger partial charge is 0.317 e. The van der Waals surface area contributed by atoms with Crippen molar-refractivity contribution in [3.05, 3.63) is 0 Å². The van der Waals surface area contributed by atoms with E-state index in [9.17, 15) is 5.26 Å². The summed E-state index contributed by atoms with van der Waals surface area (Å²) in [5.41, 5.74) is 11.2. The predicted octanol–water partition coefficient (Wildman–Crippen LogP) is 2.63. The van der Waals surface area contributed by atoms with Crippen molar-refractivity contribution in [3.8, 4) is 6.07 Å². The van der Waals surface area contributed by atoms with Gasteiger partial charge < -0.3 is 10.6 Å². The average molecular weight is 498 g/mol. The van der Waals surface area contributed by atoms with Gasteiger partial charge >= 0.3 is 0 Å². The maximum absolute atomic E-state index is 9.63. The van der Waals surface area contributed by atoms with E-state index >= 15 is 0 Å². The zero-order valence-corrected chi connectivity index (χ0v) is 22.8. The van der Waals surface area contributed by atoms with E-state index in [4.69, 9.17) is 0 Å². The lowest BCUT2D eigenvalue weighted by Gasteiger charge is -2.49. The van der Waals surface area contributed by atoms with Crippen molar-refractivity contribution in [2.75, 3.05) is 39.3 Å². The van der Waals surface area contributed by atoms with Gasteiger partial charge in [0.1, 0.15) is 0 Å². The number of nitrogens with one attached hydrogen (secondary N) is 5. The Morgan fingerprint density at radius 1 is 0.861 bits per heavy atom. The maximum atomic E-state index is 9.63. The highest BCUT2D eigenvalue weighted by Gasteiger charge is 2.52. The fourth-order valence-corrected chi connectivity index (χ4v) is 9.24. The third-order valence-corrected chi connectivity index (χ3v) is 11.6. The van der Waals surface area contributed by atoms with Gasteiger partial charge in [0.2, 0.25) is 0 Å². The SMILES string of the molecule is CC(C)(C#N)C1CCC(C2NNC3CNC4CCC(C5CNN(CC6CCNCC6)C5)CC4C32)CC1. The first-order valence-electron chi connectivity index (χ1n) is 15.4. The van der Waals surface area contributed by atoms with E-state index in [2.05, 4.69) is 51.8 Å². The molecule has 6 rings (SSSR count). The molecule has 0 aromatic carbocycles. The van der Waals surface area contributed by atoms with Crippen LogP contribution < -0.4 is 26.9 Å². The van der Waals surface area contributed by atoms with Gasteiger partial charge in [-0.15, -0.1) is 0 Å². The molecule has 2 saturated carbocycles.